The maximum Gasteiger partial charge on any atom is 0.223 e. The number of hydrogen-bond acceptors (Lipinski definition) is 5. The molecule has 3 N–H and O–H groups in total. The highest BCUT2D eigenvalue weighted by molar-refractivity contribution is 5.96. The zero-order valence-corrected chi connectivity index (χ0v) is 17.8. The van der Waals surface area contributed by atoms with Crippen LogP contribution >= 0.6 is 0 Å². The molecule has 3 heterocycles. The number of para-hydroxylation sites is 1. The molecule has 0 bridgehead atoms. The minimum Gasteiger partial charge on any atom is -0.384 e. The molecule has 6 heteroatoms. The first kappa shape index (κ1) is 20.0. The molecule has 1 aromatic carbocycles. The molecule has 4 rings (SSSR count). The zero-order chi connectivity index (χ0) is 21.3. The lowest BCUT2D eigenvalue weighted by Gasteiger charge is -2.38. The van der Waals surface area contributed by atoms with Crippen molar-refractivity contribution in [2.45, 2.75) is 51.6 Å². The first-order valence-electron chi connectivity index (χ1n) is 10.4. The normalized spacial score (nSPS) is 19.1. The predicted molar refractivity (Wildman–Crippen MR) is 121 cm³/mol. The molecule has 30 heavy (non-hydrogen) atoms. The first-order valence-corrected chi connectivity index (χ1v) is 10.4. The van der Waals surface area contributed by atoms with Crippen LogP contribution in [0.5, 0.6) is 0 Å². The Morgan fingerprint density at radius 2 is 2.20 bits per heavy atom. The SMILES string of the molecule is C=C1CC(Nc2nccc(-c3c[nH]c4c(CC(C)C#N)cccc34)n2)CC(C)(C)N1. The van der Waals surface area contributed by atoms with Gasteiger partial charge >= 0.3 is 0 Å². The van der Waals surface area contributed by atoms with E-state index in [2.05, 4.69) is 59.2 Å². The van der Waals surface area contributed by atoms with Gasteiger partial charge in [0.1, 0.15) is 0 Å². The van der Waals surface area contributed by atoms with Crippen LogP contribution in [0, 0.1) is 17.2 Å². The van der Waals surface area contributed by atoms with Crippen LogP contribution in [0.25, 0.3) is 22.2 Å². The van der Waals surface area contributed by atoms with E-state index in [4.69, 9.17) is 4.98 Å². The van der Waals surface area contributed by atoms with Crippen LogP contribution in [0.15, 0.2) is 48.9 Å². The summed E-state index contributed by atoms with van der Waals surface area (Å²) >= 11 is 0. The molecule has 0 radical (unpaired) electrons. The maximum atomic E-state index is 9.17. The molecule has 1 aliphatic heterocycles. The highest BCUT2D eigenvalue weighted by Crippen LogP contribution is 2.31. The maximum absolute atomic E-state index is 9.17. The molecule has 154 valence electrons. The van der Waals surface area contributed by atoms with Gasteiger partial charge in [-0.15, -0.1) is 0 Å². The molecule has 6 nitrogen and oxygen atoms in total. The lowest BCUT2D eigenvalue weighted by atomic mass is 9.88. The van der Waals surface area contributed by atoms with E-state index in [1.165, 1.54) is 0 Å². The van der Waals surface area contributed by atoms with Crippen LogP contribution in [0.3, 0.4) is 0 Å². The summed E-state index contributed by atoms with van der Waals surface area (Å²) in [5.74, 6) is 0.604. The topological polar surface area (TPSA) is 89.4 Å². The van der Waals surface area contributed by atoms with Crippen LogP contribution in [-0.2, 0) is 6.42 Å². The van der Waals surface area contributed by atoms with Crippen molar-refractivity contribution in [2.75, 3.05) is 5.32 Å². The van der Waals surface area contributed by atoms with E-state index < -0.39 is 0 Å². The minimum atomic E-state index is -0.0267. The van der Waals surface area contributed by atoms with Crippen molar-refractivity contribution in [1.82, 2.24) is 20.3 Å². The van der Waals surface area contributed by atoms with Crippen LogP contribution in [0.2, 0.25) is 0 Å². The van der Waals surface area contributed by atoms with E-state index in [1.807, 2.05) is 25.3 Å². The average Bonchev–Trinajstić information content (AvgIpc) is 3.11. The van der Waals surface area contributed by atoms with E-state index in [1.54, 1.807) is 6.20 Å². The lowest BCUT2D eigenvalue weighted by molar-refractivity contribution is 0.324. The number of rotatable bonds is 5. The third-order valence-electron chi connectivity index (χ3n) is 5.58. The Hall–Kier alpha value is -3.33. The van der Waals surface area contributed by atoms with Gasteiger partial charge in [-0.05, 0) is 45.2 Å². The average molecular weight is 401 g/mol. The fourth-order valence-corrected chi connectivity index (χ4v) is 4.40. The lowest BCUT2D eigenvalue weighted by Crippen LogP contribution is -2.48. The second-order valence-electron chi connectivity index (χ2n) is 8.90. The van der Waals surface area contributed by atoms with Crippen molar-refractivity contribution < 1.29 is 0 Å². The van der Waals surface area contributed by atoms with Crippen LogP contribution in [-0.4, -0.2) is 26.5 Å². The third-order valence-corrected chi connectivity index (χ3v) is 5.58. The Kier molecular flexibility index (Phi) is 5.21. The summed E-state index contributed by atoms with van der Waals surface area (Å²) in [4.78, 5) is 12.6. The number of piperidine rings is 1. The minimum absolute atomic E-state index is 0.00157. The second kappa shape index (κ2) is 7.83. The van der Waals surface area contributed by atoms with Crippen molar-refractivity contribution >= 4 is 16.9 Å². The number of anilines is 1. The summed E-state index contributed by atoms with van der Waals surface area (Å²) in [5.41, 5.74) is 5.16. The number of fused-ring (bicyclic) bond motifs is 1. The Balaban J connectivity index is 1.61. The van der Waals surface area contributed by atoms with Crippen LogP contribution in [0.1, 0.15) is 39.2 Å². The predicted octanol–water partition coefficient (Wildman–Crippen LogP) is 4.78. The van der Waals surface area contributed by atoms with Crippen molar-refractivity contribution in [2.24, 2.45) is 5.92 Å². The molecule has 2 atom stereocenters. The first-order chi connectivity index (χ1) is 14.3. The van der Waals surface area contributed by atoms with Crippen molar-refractivity contribution in [1.29, 1.82) is 5.26 Å². The molecular formula is C24H28N6. The summed E-state index contributed by atoms with van der Waals surface area (Å²) in [6, 6.07) is 10.7. The summed E-state index contributed by atoms with van der Waals surface area (Å²) in [5, 5.41) is 17.2. The van der Waals surface area contributed by atoms with Gasteiger partial charge in [0.25, 0.3) is 0 Å². The monoisotopic (exact) mass is 400 g/mol. The van der Waals surface area contributed by atoms with E-state index in [0.717, 1.165) is 52.7 Å². The van der Waals surface area contributed by atoms with Gasteiger partial charge in [-0.25, -0.2) is 9.97 Å². The standard InChI is InChI=1S/C24H28N6/c1-15(13-25)10-17-6-5-7-19-20(14-27-22(17)19)21-8-9-26-23(29-21)28-18-11-16(2)30-24(3,4)12-18/h5-9,14-15,18,27,30H,2,10-12H2,1,3-4H3,(H,26,28,29). The summed E-state index contributed by atoms with van der Waals surface area (Å²) in [6.07, 6.45) is 6.33. The Bertz CT molecular complexity index is 1120. The number of hydrogen-bond donors (Lipinski definition) is 3. The Morgan fingerprint density at radius 3 is 2.97 bits per heavy atom. The second-order valence-corrected chi connectivity index (χ2v) is 8.90. The van der Waals surface area contributed by atoms with Gasteiger partial charge in [-0.3, -0.25) is 0 Å². The number of aromatic amines is 1. The van der Waals surface area contributed by atoms with Gasteiger partial charge in [0.2, 0.25) is 5.95 Å². The molecule has 0 aliphatic carbocycles. The van der Waals surface area contributed by atoms with Crippen molar-refractivity contribution in [3.8, 4) is 17.3 Å². The highest BCUT2D eigenvalue weighted by atomic mass is 15.1. The van der Waals surface area contributed by atoms with Gasteiger partial charge in [-0.1, -0.05) is 24.8 Å². The molecule has 1 aliphatic rings. The number of nitrogens with zero attached hydrogens (tertiary/aromatic N) is 3. The van der Waals surface area contributed by atoms with Crippen LogP contribution < -0.4 is 10.6 Å². The number of aromatic nitrogens is 3. The van der Waals surface area contributed by atoms with E-state index in [-0.39, 0.29) is 17.5 Å². The third kappa shape index (κ3) is 4.16. The molecule has 0 amide bonds. The van der Waals surface area contributed by atoms with Gasteiger partial charge in [0.05, 0.1) is 11.8 Å². The van der Waals surface area contributed by atoms with Gasteiger partial charge in [0.15, 0.2) is 0 Å². The molecule has 0 saturated carbocycles. The summed E-state index contributed by atoms with van der Waals surface area (Å²) in [6.45, 7) is 10.4. The molecule has 1 fully saturated rings. The highest BCUT2D eigenvalue weighted by Gasteiger charge is 2.29. The van der Waals surface area contributed by atoms with E-state index in [0.29, 0.717) is 5.95 Å². The summed E-state index contributed by atoms with van der Waals surface area (Å²) in [7, 11) is 0. The quantitative estimate of drug-likeness (QED) is 0.573. The van der Waals surface area contributed by atoms with Crippen molar-refractivity contribution in [3.05, 3.63) is 54.5 Å². The molecule has 0 spiro atoms. The zero-order valence-electron chi connectivity index (χ0n) is 17.8. The van der Waals surface area contributed by atoms with Gasteiger partial charge in [0, 0.05) is 58.5 Å². The Morgan fingerprint density at radius 1 is 1.37 bits per heavy atom. The number of H-pyrrole nitrogens is 1. The van der Waals surface area contributed by atoms with E-state index in [9.17, 15) is 5.26 Å². The van der Waals surface area contributed by atoms with Gasteiger partial charge in [-0.2, -0.15) is 5.26 Å². The molecule has 2 unspecified atom stereocenters. The number of nitriles is 1. The van der Waals surface area contributed by atoms with E-state index >= 15 is 0 Å². The molecule has 3 aromatic rings. The number of benzene rings is 1. The summed E-state index contributed by atoms with van der Waals surface area (Å²) < 4.78 is 0. The largest absolute Gasteiger partial charge is 0.384 e. The fraction of sp³-hybridized carbons (Fsp3) is 0.375. The fourth-order valence-electron chi connectivity index (χ4n) is 4.40. The Labute approximate surface area is 177 Å². The van der Waals surface area contributed by atoms with Crippen LogP contribution in [0.4, 0.5) is 5.95 Å². The number of nitrogens with one attached hydrogen (secondary N) is 3. The van der Waals surface area contributed by atoms with Crippen molar-refractivity contribution in [3.63, 3.8) is 0 Å². The van der Waals surface area contributed by atoms with Gasteiger partial charge < -0.3 is 15.6 Å². The molecule has 2 aromatic heterocycles. The molecule has 1 saturated heterocycles. The smallest absolute Gasteiger partial charge is 0.223 e. The molecular weight excluding hydrogens is 372 g/mol.